The molecule has 6 heteroatoms. The Morgan fingerprint density at radius 2 is 1.90 bits per heavy atom. The Kier molecular flexibility index (Phi) is 4.68. The lowest BCUT2D eigenvalue weighted by atomic mass is 10.0. The molecule has 1 atom stereocenters. The summed E-state index contributed by atoms with van der Waals surface area (Å²) in [6.07, 6.45) is 0.862. The normalized spacial score (nSPS) is 20.6. The highest BCUT2D eigenvalue weighted by Crippen LogP contribution is 2.24. The number of nitrogens with zero attached hydrogens (tertiary/aromatic N) is 1. The molecule has 1 unspecified atom stereocenters. The molecule has 21 heavy (non-hydrogen) atoms. The van der Waals surface area contributed by atoms with Crippen LogP contribution in [0.25, 0.3) is 0 Å². The Hall–Kier alpha value is -1.40. The summed E-state index contributed by atoms with van der Waals surface area (Å²) in [5.41, 5.74) is 1.09. The molecular formula is C15H22N2O3S. The van der Waals surface area contributed by atoms with E-state index in [-0.39, 0.29) is 16.7 Å². The minimum atomic E-state index is -3.64. The maximum atomic E-state index is 12.8. The second-order valence-electron chi connectivity index (χ2n) is 5.59. The molecule has 0 bridgehead atoms. The lowest BCUT2D eigenvalue weighted by Gasteiger charge is -2.36. The van der Waals surface area contributed by atoms with Crippen molar-refractivity contribution < 1.29 is 13.2 Å². The predicted octanol–water partition coefficient (Wildman–Crippen LogP) is 1.39. The molecular weight excluding hydrogens is 288 g/mol. The minimum absolute atomic E-state index is 0.0741. The number of sulfonamides is 1. The van der Waals surface area contributed by atoms with E-state index in [0.29, 0.717) is 13.1 Å². The van der Waals surface area contributed by atoms with Gasteiger partial charge in [-0.05, 0) is 30.0 Å². The average Bonchev–Trinajstić information content (AvgIpc) is 2.46. The molecule has 116 valence electrons. The lowest BCUT2D eigenvalue weighted by Crippen LogP contribution is -2.58. The number of hydrogen-bond donors (Lipinski definition) is 1. The van der Waals surface area contributed by atoms with Crippen molar-refractivity contribution in [3.05, 3.63) is 29.8 Å². The summed E-state index contributed by atoms with van der Waals surface area (Å²) in [7, 11) is -3.64. The first-order valence-corrected chi connectivity index (χ1v) is 8.70. The molecule has 1 aliphatic rings. The van der Waals surface area contributed by atoms with Gasteiger partial charge in [-0.15, -0.1) is 0 Å². The van der Waals surface area contributed by atoms with Gasteiger partial charge < -0.3 is 5.32 Å². The molecule has 0 radical (unpaired) electrons. The number of hydrogen-bond acceptors (Lipinski definition) is 3. The Morgan fingerprint density at radius 1 is 1.29 bits per heavy atom. The largest absolute Gasteiger partial charge is 0.353 e. The minimum Gasteiger partial charge on any atom is -0.353 e. The molecule has 1 amide bonds. The third-order valence-corrected chi connectivity index (χ3v) is 5.68. The zero-order chi connectivity index (χ0) is 15.6. The summed E-state index contributed by atoms with van der Waals surface area (Å²) in [5.74, 6) is -0.292. The summed E-state index contributed by atoms with van der Waals surface area (Å²) in [4.78, 5) is 12.3. The lowest BCUT2D eigenvalue weighted by molar-refractivity contribution is -0.128. The van der Waals surface area contributed by atoms with Crippen molar-refractivity contribution in [3.63, 3.8) is 0 Å². The first-order chi connectivity index (χ1) is 9.87. The number of benzene rings is 1. The van der Waals surface area contributed by atoms with Crippen LogP contribution in [0, 0.1) is 5.92 Å². The predicted molar refractivity (Wildman–Crippen MR) is 81.3 cm³/mol. The molecule has 1 fully saturated rings. The Morgan fingerprint density at radius 3 is 2.43 bits per heavy atom. The zero-order valence-corrected chi connectivity index (χ0v) is 13.5. The van der Waals surface area contributed by atoms with E-state index < -0.39 is 16.1 Å². The highest BCUT2D eigenvalue weighted by Gasteiger charge is 2.39. The molecule has 1 heterocycles. The fraction of sp³-hybridized carbons (Fsp3) is 0.533. The summed E-state index contributed by atoms with van der Waals surface area (Å²) in [6.45, 7) is 6.41. The van der Waals surface area contributed by atoms with Crippen LogP contribution in [0.2, 0.25) is 0 Å². The van der Waals surface area contributed by atoms with Crippen LogP contribution < -0.4 is 5.32 Å². The Balaban J connectivity index is 2.38. The third-order valence-electron chi connectivity index (χ3n) is 3.78. The quantitative estimate of drug-likeness (QED) is 0.914. The Labute approximate surface area is 126 Å². The van der Waals surface area contributed by atoms with Crippen molar-refractivity contribution in [1.29, 1.82) is 0 Å². The molecule has 0 aromatic heterocycles. The highest BCUT2D eigenvalue weighted by molar-refractivity contribution is 7.89. The van der Waals surface area contributed by atoms with E-state index in [4.69, 9.17) is 0 Å². The number of carbonyl (C=O) groups is 1. The first-order valence-electron chi connectivity index (χ1n) is 7.26. The molecule has 0 spiro atoms. The van der Waals surface area contributed by atoms with Crippen LogP contribution in [-0.2, 0) is 21.2 Å². The molecule has 1 aliphatic heterocycles. The van der Waals surface area contributed by atoms with Gasteiger partial charge in [0, 0.05) is 13.1 Å². The number of piperazine rings is 1. The SMILES string of the molecule is CCc1ccc(S(=O)(=O)N2CCNC(=O)C2C(C)C)cc1. The van der Waals surface area contributed by atoms with E-state index >= 15 is 0 Å². The maximum Gasteiger partial charge on any atom is 0.243 e. The van der Waals surface area contributed by atoms with Gasteiger partial charge in [-0.25, -0.2) is 8.42 Å². The Bertz CT molecular complexity index is 608. The van der Waals surface area contributed by atoms with Crippen molar-refractivity contribution >= 4 is 15.9 Å². The van der Waals surface area contributed by atoms with Crippen molar-refractivity contribution in [1.82, 2.24) is 9.62 Å². The van der Waals surface area contributed by atoms with Gasteiger partial charge in [0.2, 0.25) is 15.9 Å². The number of nitrogens with one attached hydrogen (secondary N) is 1. The van der Waals surface area contributed by atoms with E-state index in [9.17, 15) is 13.2 Å². The first kappa shape index (κ1) is 16.0. The second-order valence-corrected chi connectivity index (χ2v) is 7.48. The number of carbonyl (C=O) groups excluding carboxylic acids is 1. The van der Waals surface area contributed by atoms with Crippen molar-refractivity contribution in [2.45, 2.75) is 38.1 Å². The van der Waals surface area contributed by atoms with E-state index in [1.165, 1.54) is 4.31 Å². The molecule has 1 aromatic carbocycles. The van der Waals surface area contributed by atoms with E-state index in [0.717, 1.165) is 12.0 Å². The van der Waals surface area contributed by atoms with Gasteiger partial charge in [-0.2, -0.15) is 4.31 Å². The summed E-state index contributed by atoms with van der Waals surface area (Å²) >= 11 is 0. The van der Waals surface area contributed by atoms with E-state index in [1.54, 1.807) is 12.1 Å². The van der Waals surface area contributed by atoms with Gasteiger partial charge in [0.15, 0.2) is 0 Å². The van der Waals surface area contributed by atoms with Gasteiger partial charge in [-0.3, -0.25) is 4.79 Å². The molecule has 1 N–H and O–H groups in total. The van der Waals surface area contributed by atoms with Gasteiger partial charge in [0.05, 0.1) is 4.90 Å². The summed E-state index contributed by atoms with van der Waals surface area (Å²) in [6, 6.07) is 6.24. The van der Waals surface area contributed by atoms with Crippen LogP contribution in [0.1, 0.15) is 26.3 Å². The van der Waals surface area contributed by atoms with Gasteiger partial charge in [-0.1, -0.05) is 32.9 Å². The van der Waals surface area contributed by atoms with Crippen LogP contribution in [0.3, 0.4) is 0 Å². The van der Waals surface area contributed by atoms with Crippen molar-refractivity contribution in [2.75, 3.05) is 13.1 Å². The van der Waals surface area contributed by atoms with Crippen LogP contribution in [0.15, 0.2) is 29.2 Å². The van der Waals surface area contributed by atoms with Crippen molar-refractivity contribution in [3.8, 4) is 0 Å². The number of aryl methyl sites for hydroxylation is 1. The summed E-state index contributed by atoms with van der Waals surface area (Å²) < 4.78 is 26.9. The van der Waals surface area contributed by atoms with Crippen LogP contribution in [0.5, 0.6) is 0 Å². The summed E-state index contributed by atoms with van der Waals surface area (Å²) in [5, 5.41) is 2.74. The number of amides is 1. The standard InChI is InChI=1S/C15H22N2O3S/c1-4-12-5-7-13(8-6-12)21(19,20)17-10-9-16-15(18)14(17)11(2)3/h5-8,11,14H,4,9-10H2,1-3H3,(H,16,18). The molecule has 1 aromatic rings. The molecule has 5 nitrogen and oxygen atoms in total. The van der Waals surface area contributed by atoms with Gasteiger partial charge in [0.1, 0.15) is 6.04 Å². The molecule has 1 saturated heterocycles. The van der Waals surface area contributed by atoms with E-state index in [1.807, 2.05) is 32.9 Å². The topological polar surface area (TPSA) is 66.5 Å². The third kappa shape index (κ3) is 3.11. The molecule has 2 rings (SSSR count). The zero-order valence-electron chi connectivity index (χ0n) is 12.7. The van der Waals surface area contributed by atoms with Gasteiger partial charge in [0.25, 0.3) is 0 Å². The smallest absolute Gasteiger partial charge is 0.243 e. The van der Waals surface area contributed by atoms with Gasteiger partial charge >= 0.3 is 0 Å². The molecule has 0 saturated carbocycles. The van der Waals surface area contributed by atoms with Crippen LogP contribution >= 0.6 is 0 Å². The second kappa shape index (κ2) is 6.15. The van der Waals surface area contributed by atoms with Crippen LogP contribution in [-0.4, -0.2) is 37.8 Å². The molecule has 0 aliphatic carbocycles. The maximum absolute atomic E-state index is 12.8. The fourth-order valence-corrected chi connectivity index (χ4v) is 4.32. The van der Waals surface area contributed by atoms with E-state index in [2.05, 4.69) is 5.32 Å². The average molecular weight is 310 g/mol. The van der Waals surface area contributed by atoms with Crippen molar-refractivity contribution in [2.24, 2.45) is 5.92 Å². The highest BCUT2D eigenvalue weighted by atomic mass is 32.2. The fourth-order valence-electron chi connectivity index (χ4n) is 2.60. The number of rotatable bonds is 4. The monoisotopic (exact) mass is 310 g/mol. The van der Waals surface area contributed by atoms with Crippen LogP contribution in [0.4, 0.5) is 0 Å².